The van der Waals surface area contributed by atoms with Crippen LogP contribution in [0.2, 0.25) is 0 Å². The number of thiazole rings is 1. The molecule has 3 rings (SSSR count). The molecule has 0 aliphatic carbocycles. The van der Waals surface area contributed by atoms with Crippen molar-refractivity contribution < 1.29 is 5.11 Å². The summed E-state index contributed by atoms with van der Waals surface area (Å²) in [7, 11) is 0. The largest absolute Gasteiger partial charge is 0.385 e. The number of piperidine rings is 1. The first-order chi connectivity index (χ1) is 9.66. The van der Waals surface area contributed by atoms with Crippen LogP contribution in [-0.2, 0) is 12.1 Å². The molecule has 106 valence electrons. The number of nitrogens with zero attached hydrogens (tertiary/aromatic N) is 2. The van der Waals surface area contributed by atoms with E-state index < -0.39 is 5.60 Å². The molecule has 1 saturated heterocycles. The normalized spacial score (nSPS) is 19.1. The van der Waals surface area contributed by atoms with Crippen molar-refractivity contribution in [3.63, 3.8) is 0 Å². The highest BCUT2D eigenvalue weighted by Gasteiger charge is 2.33. The summed E-state index contributed by atoms with van der Waals surface area (Å²) in [4.78, 5) is 6.62. The topological polar surface area (TPSA) is 62.4 Å². The number of rotatable bonds is 3. The van der Waals surface area contributed by atoms with E-state index in [1.54, 1.807) is 0 Å². The highest BCUT2D eigenvalue weighted by atomic mass is 32.1. The predicted molar refractivity (Wildman–Crippen MR) is 81.4 cm³/mol. The Kier molecular flexibility index (Phi) is 3.74. The summed E-state index contributed by atoms with van der Waals surface area (Å²) in [6.07, 6.45) is 1.52. The number of likely N-dealkylation sites (tertiary alicyclic amines) is 1. The molecule has 0 radical (unpaired) electrons. The second-order valence-electron chi connectivity index (χ2n) is 5.35. The lowest BCUT2D eigenvalue weighted by molar-refractivity contribution is -0.0279. The smallest absolute Gasteiger partial charge is 0.180 e. The Morgan fingerprint density at radius 2 is 1.95 bits per heavy atom. The Labute approximate surface area is 122 Å². The van der Waals surface area contributed by atoms with Gasteiger partial charge in [-0.1, -0.05) is 30.3 Å². The maximum atomic E-state index is 10.8. The molecule has 0 unspecified atom stereocenters. The van der Waals surface area contributed by atoms with Crippen LogP contribution < -0.4 is 5.73 Å². The van der Waals surface area contributed by atoms with Crippen LogP contribution in [0.15, 0.2) is 35.7 Å². The summed E-state index contributed by atoms with van der Waals surface area (Å²) in [5.74, 6) is 0. The van der Waals surface area contributed by atoms with Crippen molar-refractivity contribution in [3.05, 3.63) is 47.0 Å². The fourth-order valence-corrected chi connectivity index (χ4v) is 3.30. The zero-order valence-corrected chi connectivity index (χ0v) is 12.1. The van der Waals surface area contributed by atoms with Crippen molar-refractivity contribution in [1.82, 2.24) is 9.88 Å². The van der Waals surface area contributed by atoms with Gasteiger partial charge in [0.2, 0.25) is 0 Å². The molecule has 2 aromatic rings. The van der Waals surface area contributed by atoms with Crippen LogP contribution in [0, 0.1) is 0 Å². The van der Waals surface area contributed by atoms with Crippen LogP contribution in [-0.4, -0.2) is 28.1 Å². The fraction of sp³-hybridized carbons (Fsp3) is 0.400. The fourth-order valence-electron chi connectivity index (χ4n) is 2.74. The monoisotopic (exact) mass is 289 g/mol. The summed E-state index contributed by atoms with van der Waals surface area (Å²) in [6.45, 7) is 2.57. The molecule has 2 heterocycles. The quantitative estimate of drug-likeness (QED) is 0.909. The van der Waals surface area contributed by atoms with Gasteiger partial charge in [0.1, 0.15) is 0 Å². The van der Waals surface area contributed by atoms with Crippen molar-refractivity contribution in [2.75, 3.05) is 18.8 Å². The van der Waals surface area contributed by atoms with Gasteiger partial charge in [-0.25, -0.2) is 4.98 Å². The first kappa shape index (κ1) is 13.5. The van der Waals surface area contributed by atoms with E-state index >= 15 is 0 Å². The first-order valence-corrected chi connectivity index (χ1v) is 7.74. The molecule has 1 aliphatic rings. The number of hydrogen-bond donors (Lipinski definition) is 2. The summed E-state index contributed by atoms with van der Waals surface area (Å²) < 4.78 is 0. The molecule has 0 atom stereocenters. The lowest BCUT2D eigenvalue weighted by Crippen LogP contribution is -2.42. The van der Waals surface area contributed by atoms with Crippen molar-refractivity contribution in [3.8, 4) is 0 Å². The van der Waals surface area contributed by atoms with Crippen molar-refractivity contribution in [2.45, 2.75) is 25.0 Å². The third kappa shape index (κ3) is 2.85. The first-order valence-electron chi connectivity index (χ1n) is 6.86. The molecule has 5 heteroatoms. The average molecular weight is 289 g/mol. The molecule has 1 aromatic carbocycles. The Hall–Kier alpha value is -1.43. The molecule has 3 N–H and O–H groups in total. The summed E-state index contributed by atoms with van der Waals surface area (Å²) in [5.41, 5.74) is 7.02. The third-order valence-electron chi connectivity index (χ3n) is 3.95. The van der Waals surface area contributed by atoms with Gasteiger partial charge in [0.15, 0.2) is 5.13 Å². The van der Waals surface area contributed by atoms with Crippen molar-refractivity contribution in [1.29, 1.82) is 0 Å². The standard InChI is InChI=1S/C15H19N3OS/c16-14-17-13(11-20-14)10-18-8-6-15(19,7-9-18)12-4-2-1-3-5-12/h1-5,11,19H,6-10H2,(H2,16,17). The third-order valence-corrected chi connectivity index (χ3v) is 4.67. The van der Waals surface area contributed by atoms with E-state index in [-0.39, 0.29) is 0 Å². The van der Waals surface area contributed by atoms with Gasteiger partial charge in [0.05, 0.1) is 11.3 Å². The molecule has 20 heavy (non-hydrogen) atoms. The van der Waals surface area contributed by atoms with E-state index in [0.717, 1.165) is 43.7 Å². The minimum atomic E-state index is -0.682. The molecular formula is C15H19N3OS. The highest BCUT2D eigenvalue weighted by Crippen LogP contribution is 2.33. The maximum Gasteiger partial charge on any atom is 0.180 e. The van der Waals surface area contributed by atoms with E-state index in [9.17, 15) is 5.11 Å². The minimum absolute atomic E-state index is 0.623. The van der Waals surface area contributed by atoms with Crippen molar-refractivity contribution >= 4 is 16.5 Å². The van der Waals surface area contributed by atoms with Gasteiger partial charge < -0.3 is 10.8 Å². The van der Waals surface area contributed by atoms with E-state index in [2.05, 4.69) is 9.88 Å². The Balaban J connectivity index is 1.62. The van der Waals surface area contributed by atoms with Gasteiger partial charge >= 0.3 is 0 Å². The number of anilines is 1. The zero-order chi connectivity index (χ0) is 14.0. The van der Waals surface area contributed by atoms with Crippen LogP contribution in [0.4, 0.5) is 5.13 Å². The van der Waals surface area contributed by atoms with Gasteiger partial charge in [-0.15, -0.1) is 11.3 Å². The predicted octanol–water partition coefficient (Wildman–Crippen LogP) is 2.21. The second kappa shape index (κ2) is 5.52. The Bertz CT molecular complexity index is 562. The lowest BCUT2D eigenvalue weighted by atomic mass is 9.84. The SMILES string of the molecule is Nc1nc(CN2CCC(O)(c3ccccc3)CC2)cs1. The molecule has 1 aliphatic heterocycles. The molecule has 0 spiro atoms. The van der Waals surface area contributed by atoms with E-state index in [1.165, 1.54) is 11.3 Å². The number of nitrogens with two attached hydrogens (primary N) is 1. The Morgan fingerprint density at radius 1 is 1.25 bits per heavy atom. The molecule has 0 saturated carbocycles. The van der Waals surface area contributed by atoms with Crippen LogP contribution >= 0.6 is 11.3 Å². The molecular weight excluding hydrogens is 270 g/mol. The minimum Gasteiger partial charge on any atom is -0.385 e. The van der Waals surface area contributed by atoms with Crippen LogP contribution in [0.25, 0.3) is 0 Å². The number of hydrogen-bond acceptors (Lipinski definition) is 5. The number of benzene rings is 1. The Morgan fingerprint density at radius 3 is 2.55 bits per heavy atom. The van der Waals surface area contributed by atoms with E-state index in [0.29, 0.717) is 5.13 Å². The maximum absolute atomic E-state index is 10.8. The number of nitrogen functional groups attached to an aromatic ring is 1. The van der Waals surface area contributed by atoms with E-state index in [1.807, 2.05) is 35.7 Å². The van der Waals surface area contributed by atoms with Crippen LogP contribution in [0.3, 0.4) is 0 Å². The molecule has 0 bridgehead atoms. The van der Waals surface area contributed by atoms with Gasteiger partial charge in [-0.05, 0) is 18.4 Å². The number of aliphatic hydroxyl groups is 1. The van der Waals surface area contributed by atoms with Gasteiger partial charge in [0, 0.05) is 25.0 Å². The average Bonchev–Trinajstić information content (AvgIpc) is 2.88. The molecule has 1 aromatic heterocycles. The summed E-state index contributed by atoms with van der Waals surface area (Å²) in [6, 6.07) is 9.97. The van der Waals surface area contributed by atoms with Gasteiger partial charge in [-0.3, -0.25) is 4.90 Å². The summed E-state index contributed by atoms with van der Waals surface area (Å²) >= 11 is 1.48. The lowest BCUT2D eigenvalue weighted by Gasteiger charge is -2.38. The van der Waals surface area contributed by atoms with Crippen LogP contribution in [0.5, 0.6) is 0 Å². The van der Waals surface area contributed by atoms with Gasteiger partial charge in [-0.2, -0.15) is 0 Å². The highest BCUT2D eigenvalue weighted by molar-refractivity contribution is 7.13. The van der Waals surface area contributed by atoms with Gasteiger partial charge in [0.25, 0.3) is 0 Å². The van der Waals surface area contributed by atoms with E-state index in [4.69, 9.17) is 5.73 Å². The molecule has 1 fully saturated rings. The summed E-state index contributed by atoms with van der Waals surface area (Å²) in [5, 5.41) is 13.4. The second-order valence-corrected chi connectivity index (χ2v) is 6.24. The zero-order valence-electron chi connectivity index (χ0n) is 11.3. The molecule has 4 nitrogen and oxygen atoms in total. The van der Waals surface area contributed by atoms with Crippen LogP contribution in [0.1, 0.15) is 24.1 Å². The number of aromatic nitrogens is 1. The molecule has 0 amide bonds. The van der Waals surface area contributed by atoms with Crippen molar-refractivity contribution in [2.24, 2.45) is 0 Å².